The number of fused-ring (bicyclic) bond motifs is 1. The van der Waals surface area contributed by atoms with E-state index in [1.54, 1.807) is 24.3 Å². The molecule has 7 nitrogen and oxygen atoms in total. The Morgan fingerprint density at radius 3 is 2.50 bits per heavy atom. The molecule has 1 aliphatic heterocycles. The molecule has 3 rings (SSSR count). The fourth-order valence-corrected chi connectivity index (χ4v) is 2.60. The third kappa shape index (κ3) is 2.43. The van der Waals surface area contributed by atoms with Crippen LogP contribution in [0.4, 0.5) is 0 Å². The maximum Gasteiger partial charge on any atom is 0.193 e. The van der Waals surface area contributed by atoms with Gasteiger partial charge in [-0.25, -0.2) is 0 Å². The number of hydrogen-bond acceptors (Lipinski definition) is 7. The maximum atomic E-state index is 12.1. The second kappa shape index (κ2) is 5.79. The zero-order valence-electron chi connectivity index (χ0n) is 11.5. The fourth-order valence-electron chi connectivity index (χ4n) is 2.60. The van der Waals surface area contributed by atoms with Crippen molar-refractivity contribution in [3.05, 3.63) is 46.3 Å². The van der Waals surface area contributed by atoms with Crippen molar-refractivity contribution in [3.63, 3.8) is 0 Å². The van der Waals surface area contributed by atoms with Gasteiger partial charge >= 0.3 is 0 Å². The Bertz CT molecular complexity index is 723. The minimum atomic E-state index is -1.52. The van der Waals surface area contributed by atoms with E-state index in [0.717, 1.165) is 0 Å². The molecule has 0 radical (unpaired) electrons. The summed E-state index contributed by atoms with van der Waals surface area (Å²) >= 11 is 0. The summed E-state index contributed by atoms with van der Waals surface area (Å²) in [5.41, 5.74) is 0.00997. The van der Waals surface area contributed by atoms with Gasteiger partial charge in [0.2, 0.25) is 0 Å². The predicted molar refractivity (Wildman–Crippen MR) is 75.2 cm³/mol. The van der Waals surface area contributed by atoms with Gasteiger partial charge < -0.3 is 29.6 Å². The molecule has 1 saturated heterocycles. The molecule has 118 valence electrons. The highest BCUT2D eigenvalue weighted by molar-refractivity contribution is 5.76. The van der Waals surface area contributed by atoms with Crippen molar-refractivity contribution in [2.24, 2.45) is 0 Å². The van der Waals surface area contributed by atoms with Crippen molar-refractivity contribution in [1.82, 2.24) is 0 Å². The zero-order valence-corrected chi connectivity index (χ0v) is 11.5. The number of aliphatic hydroxyl groups is 4. The van der Waals surface area contributed by atoms with E-state index in [-0.39, 0.29) is 11.2 Å². The minimum Gasteiger partial charge on any atom is -0.458 e. The Morgan fingerprint density at radius 2 is 1.77 bits per heavy atom. The van der Waals surface area contributed by atoms with Gasteiger partial charge in [-0.2, -0.15) is 0 Å². The van der Waals surface area contributed by atoms with Crippen LogP contribution in [-0.2, 0) is 4.74 Å². The SMILES string of the molecule is O=c1cc(C2OC(CO)C(O)C(O)C2O)oc2ccccc12. The van der Waals surface area contributed by atoms with Crippen LogP contribution in [0.1, 0.15) is 11.9 Å². The molecule has 4 N–H and O–H groups in total. The number of aliphatic hydroxyl groups excluding tert-OH is 4. The normalized spacial score (nSPS) is 32.3. The van der Waals surface area contributed by atoms with E-state index in [9.17, 15) is 25.2 Å². The van der Waals surface area contributed by atoms with Gasteiger partial charge in [0, 0.05) is 6.07 Å². The molecule has 0 spiro atoms. The van der Waals surface area contributed by atoms with Gasteiger partial charge in [-0.05, 0) is 12.1 Å². The van der Waals surface area contributed by atoms with E-state index in [0.29, 0.717) is 11.0 Å². The number of benzene rings is 1. The van der Waals surface area contributed by atoms with E-state index in [2.05, 4.69) is 0 Å². The van der Waals surface area contributed by atoms with Crippen molar-refractivity contribution in [3.8, 4) is 0 Å². The molecule has 0 aliphatic carbocycles. The average molecular weight is 308 g/mol. The van der Waals surface area contributed by atoms with Crippen LogP contribution in [0.3, 0.4) is 0 Å². The molecule has 1 aromatic carbocycles. The number of hydrogen-bond donors (Lipinski definition) is 4. The Balaban J connectivity index is 2.04. The van der Waals surface area contributed by atoms with Crippen LogP contribution in [0.2, 0.25) is 0 Å². The number of para-hydroxylation sites is 1. The summed E-state index contributed by atoms with van der Waals surface area (Å²) in [6.45, 7) is -0.542. The van der Waals surface area contributed by atoms with Gasteiger partial charge in [0.15, 0.2) is 5.43 Å². The van der Waals surface area contributed by atoms with Crippen molar-refractivity contribution < 1.29 is 29.6 Å². The summed E-state index contributed by atoms with van der Waals surface area (Å²) in [5, 5.41) is 39.2. The molecule has 0 amide bonds. The molecule has 1 aliphatic rings. The fraction of sp³-hybridized carbons (Fsp3) is 0.400. The van der Waals surface area contributed by atoms with Gasteiger partial charge in [-0.15, -0.1) is 0 Å². The molecular formula is C15H16O7. The third-order valence-electron chi connectivity index (χ3n) is 3.83. The average Bonchev–Trinajstić information content (AvgIpc) is 2.53. The molecule has 2 heterocycles. The highest BCUT2D eigenvalue weighted by Gasteiger charge is 2.45. The second-order valence-electron chi connectivity index (χ2n) is 5.26. The Morgan fingerprint density at radius 1 is 1.05 bits per heavy atom. The lowest BCUT2D eigenvalue weighted by molar-refractivity contribution is -0.235. The smallest absolute Gasteiger partial charge is 0.193 e. The summed E-state index contributed by atoms with van der Waals surface area (Å²) in [6.07, 6.45) is -6.67. The van der Waals surface area contributed by atoms with Gasteiger partial charge in [0.05, 0.1) is 12.0 Å². The predicted octanol–water partition coefficient (Wildman–Crippen LogP) is -0.692. The first-order valence-electron chi connectivity index (χ1n) is 6.86. The van der Waals surface area contributed by atoms with Crippen LogP contribution in [0.15, 0.2) is 39.5 Å². The van der Waals surface area contributed by atoms with Crippen LogP contribution in [0.5, 0.6) is 0 Å². The van der Waals surface area contributed by atoms with E-state index in [1.165, 1.54) is 6.07 Å². The first-order valence-corrected chi connectivity index (χ1v) is 6.86. The van der Waals surface area contributed by atoms with Crippen molar-refractivity contribution in [2.45, 2.75) is 30.5 Å². The number of ether oxygens (including phenoxy) is 1. The molecular weight excluding hydrogens is 292 g/mol. The van der Waals surface area contributed by atoms with Gasteiger partial charge in [0.25, 0.3) is 0 Å². The number of rotatable bonds is 2. The van der Waals surface area contributed by atoms with Gasteiger partial charge in [-0.3, -0.25) is 4.79 Å². The molecule has 1 aromatic heterocycles. The lowest BCUT2D eigenvalue weighted by Gasteiger charge is -2.39. The summed E-state index contributed by atoms with van der Waals surface area (Å²) in [4.78, 5) is 12.1. The minimum absolute atomic E-state index is 0.0283. The lowest BCUT2D eigenvalue weighted by Crippen LogP contribution is -2.55. The summed E-state index contributed by atoms with van der Waals surface area (Å²) in [7, 11) is 0. The van der Waals surface area contributed by atoms with Crippen molar-refractivity contribution >= 4 is 11.0 Å². The quantitative estimate of drug-likeness (QED) is 0.579. The molecule has 5 atom stereocenters. The molecule has 0 saturated carbocycles. The Kier molecular flexibility index (Phi) is 3.98. The molecule has 0 bridgehead atoms. The highest BCUT2D eigenvalue weighted by atomic mass is 16.6. The van der Waals surface area contributed by atoms with Crippen LogP contribution >= 0.6 is 0 Å². The highest BCUT2D eigenvalue weighted by Crippen LogP contribution is 2.32. The van der Waals surface area contributed by atoms with E-state index >= 15 is 0 Å². The van der Waals surface area contributed by atoms with Crippen LogP contribution in [0, 0.1) is 0 Å². The molecule has 5 unspecified atom stereocenters. The monoisotopic (exact) mass is 308 g/mol. The van der Waals surface area contributed by atoms with Crippen LogP contribution < -0.4 is 5.43 Å². The first-order chi connectivity index (χ1) is 10.5. The standard InChI is InChI=1S/C15H16O7/c16-6-11-12(18)13(19)14(20)15(22-11)10-5-8(17)7-3-1-2-4-9(7)21-10/h1-5,11-16,18-20H,6H2. The van der Waals surface area contributed by atoms with Crippen molar-refractivity contribution in [1.29, 1.82) is 0 Å². The molecule has 2 aromatic rings. The van der Waals surface area contributed by atoms with Gasteiger partial charge in [-0.1, -0.05) is 12.1 Å². The Hall–Kier alpha value is -1.77. The lowest BCUT2D eigenvalue weighted by atomic mass is 9.93. The summed E-state index contributed by atoms with van der Waals surface area (Å²) in [5.74, 6) is 0.0283. The molecule has 1 fully saturated rings. The largest absolute Gasteiger partial charge is 0.458 e. The second-order valence-corrected chi connectivity index (χ2v) is 5.26. The zero-order chi connectivity index (χ0) is 15.9. The molecule has 22 heavy (non-hydrogen) atoms. The van der Waals surface area contributed by atoms with E-state index < -0.39 is 37.1 Å². The van der Waals surface area contributed by atoms with E-state index in [1.807, 2.05) is 0 Å². The summed E-state index contributed by atoms with van der Waals surface area (Å²) < 4.78 is 10.9. The third-order valence-corrected chi connectivity index (χ3v) is 3.83. The topological polar surface area (TPSA) is 120 Å². The first kappa shape index (κ1) is 15.1. The van der Waals surface area contributed by atoms with Crippen LogP contribution in [-0.4, -0.2) is 51.4 Å². The van der Waals surface area contributed by atoms with Crippen LogP contribution in [0.25, 0.3) is 11.0 Å². The van der Waals surface area contributed by atoms with Crippen molar-refractivity contribution in [2.75, 3.05) is 6.61 Å². The summed E-state index contributed by atoms with van der Waals surface area (Å²) in [6, 6.07) is 7.78. The molecule has 7 heteroatoms. The van der Waals surface area contributed by atoms with Gasteiger partial charge in [0.1, 0.15) is 41.9 Å². The Labute approximate surface area is 125 Å². The van der Waals surface area contributed by atoms with E-state index in [4.69, 9.17) is 9.15 Å². The maximum absolute atomic E-state index is 12.1.